The molecular weight excluding hydrogens is 318 g/mol. The fraction of sp³-hybridized carbons (Fsp3) is 0.368. The van der Waals surface area contributed by atoms with Crippen LogP contribution in [0.2, 0.25) is 0 Å². The molecule has 1 aliphatic heterocycles. The van der Waals surface area contributed by atoms with E-state index in [1.807, 2.05) is 24.3 Å². The van der Waals surface area contributed by atoms with Gasteiger partial charge < -0.3 is 15.1 Å². The molecule has 1 fully saturated rings. The summed E-state index contributed by atoms with van der Waals surface area (Å²) in [5.74, 6) is -0.471. The number of para-hydroxylation sites is 1. The molecule has 1 atom stereocenters. The van der Waals surface area contributed by atoms with Gasteiger partial charge in [-0.2, -0.15) is 0 Å². The van der Waals surface area contributed by atoms with E-state index >= 15 is 0 Å². The predicted octanol–water partition coefficient (Wildman–Crippen LogP) is 2.63. The Morgan fingerprint density at radius 3 is 2.64 bits per heavy atom. The second kappa shape index (κ2) is 7.98. The highest BCUT2D eigenvalue weighted by atomic mass is 16.3. The van der Waals surface area contributed by atoms with Crippen LogP contribution in [-0.2, 0) is 11.3 Å². The van der Waals surface area contributed by atoms with Gasteiger partial charge in [0.05, 0.1) is 6.26 Å². The number of carbonyl (C=O) groups is 2. The molecule has 0 saturated carbocycles. The molecule has 0 spiro atoms. The molecule has 132 valence electrons. The number of anilines is 1. The molecule has 1 aliphatic rings. The number of carbonyl (C=O) groups excluding carboxylic acids is 2. The summed E-state index contributed by atoms with van der Waals surface area (Å²) in [6.07, 6.45) is 3.88. The third-order valence-corrected chi connectivity index (χ3v) is 4.35. The minimum atomic E-state index is -0.669. The predicted molar refractivity (Wildman–Crippen MR) is 95.2 cm³/mol. The highest BCUT2D eigenvalue weighted by molar-refractivity contribution is 6.00. The minimum absolute atomic E-state index is 0.189. The fourth-order valence-electron chi connectivity index (χ4n) is 2.94. The maximum Gasteiger partial charge on any atom is 0.287 e. The summed E-state index contributed by atoms with van der Waals surface area (Å²) in [7, 11) is 0. The molecule has 1 aromatic heterocycles. The molecular formula is C19H23N3O3. The van der Waals surface area contributed by atoms with Gasteiger partial charge in [-0.25, -0.2) is 0 Å². The Bertz CT molecular complexity index is 721. The monoisotopic (exact) mass is 341 g/mol. The van der Waals surface area contributed by atoms with Crippen LogP contribution in [0.15, 0.2) is 47.1 Å². The number of benzene rings is 1. The minimum Gasteiger partial charge on any atom is -0.459 e. The number of hydrogen-bond donors (Lipinski definition) is 2. The molecule has 6 nitrogen and oxygen atoms in total. The molecule has 0 unspecified atom stereocenters. The highest BCUT2D eigenvalue weighted by Crippen LogP contribution is 2.20. The third-order valence-electron chi connectivity index (χ3n) is 4.35. The summed E-state index contributed by atoms with van der Waals surface area (Å²) in [4.78, 5) is 26.8. The Morgan fingerprint density at radius 1 is 1.16 bits per heavy atom. The number of likely N-dealkylation sites (tertiary alicyclic amines) is 1. The number of nitrogens with zero attached hydrogens (tertiary/aromatic N) is 1. The van der Waals surface area contributed by atoms with Crippen molar-refractivity contribution in [3.05, 3.63) is 54.0 Å². The van der Waals surface area contributed by atoms with Crippen molar-refractivity contribution >= 4 is 17.5 Å². The van der Waals surface area contributed by atoms with Gasteiger partial charge in [-0.1, -0.05) is 18.2 Å². The Morgan fingerprint density at radius 2 is 1.92 bits per heavy atom. The molecule has 3 rings (SSSR count). The molecule has 2 heterocycles. The van der Waals surface area contributed by atoms with Crippen LogP contribution in [0.1, 0.15) is 35.9 Å². The molecule has 0 radical (unpaired) electrons. The van der Waals surface area contributed by atoms with Crippen molar-refractivity contribution in [2.75, 3.05) is 18.4 Å². The number of rotatable bonds is 6. The maximum atomic E-state index is 12.4. The Hall–Kier alpha value is -2.60. The molecule has 0 aliphatic carbocycles. The van der Waals surface area contributed by atoms with Crippen LogP contribution in [0.3, 0.4) is 0 Å². The molecule has 25 heavy (non-hydrogen) atoms. The zero-order valence-corrected chi connectivity index (χ0v) is 14.3. The topological polar surface area (TPSA) is 74.6 Å². The molecule has 1 saturated heterocycles. The number of amides is 2. The van der Waals surface area contributed by atoms with Crippen molar-refractivity contribution in [3.8, 4) is 0 Å². The van der Waals surface area contributed by atoms with Crippen LogP contribution in [0.25, 0.3) is 0 Å². The summed E-state index contributed by atoms with van der Waals surface area (Å²) in [5.41, 5.74) is 1.88. The molecule has 0 bridgehead atoms. The van der Waals surface area contributed by atoms with Crippen molar-refractivity contribution < 1.29 is 14.0 Å². The van der Waals surface area contributed by atoms with E-state index in [0.717, 1.165) is 30.9 Å². The largest absolute Gasteiger partial charge is 0.459 e. The van der Waals surface area contributed by atoms with Gasteiger partial charge in [-0.15, -0.1) is 0 Å². The zero-order chi connectivity index (χ0) is 17.6. The van der Waals surface area contributed by atoms with E-state index in [1.54, 1.807) is 19.1 Å². The van der Waals surface area contributed by atoms with Crippen molar-refractivity contribution in [2.45, 2.75) is 32.4 Å². The standard InChI is InChI=1S/C19H23N3O3/c1-14(20-19(24)17-9-6-12-25-17)18(23)21-16-8-3-2-7-15(16)13-22-10-4-5-11-22/h2-3,6-9,12,14H,4-5,10-11,13H2,1H3,(H,20,24)(H,21,23)/t14-/m1/s1. The van der Waals surface area contributed by atoms with Crippen LogP contribution < -0.4 is 10.6 Å². The first-order valence-electron chi connectivity index (χ1n) is 8.59. The fourth-order valence-corrected chi connectivity index (χ4v) is 2.94. The van der Waals surface area contributed by atoms with Gasteiger partial charge in [-0.3, -0.25) is 14.5 Å². The van der Waals surface area contributed by atoms with Gasteiger partial charge in [0.15, 0.2) is 5.76 Å². The maximum absolute atomic E-state index is 12.4. The average Bonchev–Trinajstić information content (AvgIpc) is 3.30. The number of hydrogen-bond acceptors (Lipinski definition) is 4. The van der Waals surface area contributed by atoms with Gasteiger partial charge in [0.2, 0.25) is 5.91 Å². The molecule has 2 N–H and O–H groups in total. The van der Waals surface area contributed by atoms with E-state index < -0.39 is 11.9 Å². The molecule has 2 aromatic rings. The van der Waals surface area contributed by atoms with Crippen LogP contribution >= 0.6 is 0 Å². The highest BCUT2D eigenvalue weighted by Gasteiger charge is 2.20. The molecule has 1 aromatic carbocycles. The summed E-state index contributed by atoms with van der Waals surface area (Å²) in [6, 6.07) is 10.3. The second-order valence-electron chi connectivity index (χ2n) is 6.30. The molecule has 2 amide bonds. The van der Waals surface area contributed by atoms with Gasteiger partial charge >= 0.3 is 0 Å². The lowest BCUT2D eigenvalue weighted by Gasteiger charge is -2.19. The van der Waals surface area contributed by atoms with E-state index in [0.29, 0.717) is 0 Å². The summed E-state index contributed by atoms with van der Waals surface area (Å²) in [5, 5.41) is 5.56. The van der Waals surface area contributed by atoms with Gasteiger partial charge in [0, 0.05) is 12.2 Å². The van der Waals surface area contributed by atoms with Crippen molar-refractivity contribution in [1.29, 1.82) is 0 Å². The zero-order valence-electron chi connectivity index (χ0n) is 14.3. The summed E-state index contributed by atoms with van der Waals surface area (Å²) >= 11 is 0. The first-order chi connectivity index (χ1) is 12.1. The van der Waals surface area contributed by atoms with Gasteiger partial charge in [0.25, 0.3) is 5.91 Å². The number of nitrogens with one attached hydrogen (secondary N) is 2. The lowest BCUT2D eigenvalue weighted by Crippen LogP contribution is -2.41. The van der Waals surface area contributed by atoms with Crippen molar-refractivity contribution in [2.24, 2.45) is 0 Å². The van der Waals surface area contributed by atoms with E-state index in [2.05, 4.69) is 15.5 Å². The van der Waals surface area contributed by atoms with Gasteiger partial charge in [-0.05, 0) is 56.6 Å². The SMILES string of the molecule is C[C@@H](NC(=O)c1ccco1)C(=O)Nc1ccccc1CN1CCCC1. The lowest BCUT2D eigenvalue weighted by atomic mass is 10.1. The van der Waals surface area contributed by atoms with Crippen molar-refractivity contribution in [3.63, 3.8) is 0 Å². The molecule has 6 heteroatoms. The summed E-state index contributed by atoms with van der Waals surface area (Å²) < 4.78 is 5.04. The van der Waals surface area contributed by atoms with E-state index in [4.69, 9.17) is 4.42 Å². The Labute approximate surface area is 147 Å². The van der Waals surface area contributed by atoms with Crippen LogP contribution in [0.4, 0.5) is 5.69 Å². The third kappa shape index (κ3) is 4.48. The van der Waals surface area contributed by atoms with E-state index in [1.165, 1.54) is 19.1 Å². The van der Waals surface area contributed by atoms with Crippen LogP contribution in [0.5, 0.6) is 0 Å². The van der Waals surface area contributed by atoms with Gasteiger partial charge in [0.1, 0.15) is 6.04 Å². The lowest BCUT2D eigenvalue weighted by molar-refractivity contribution is -0.117. The van der Waals surface area contributed by atoms with E-state index in [-0.39, 0.29) is 11.7 Å². The van der Waals surface area contributed by atoms with Crippen LogP contribution in [0, 0.1) is 0 Å². The Kier molecular flexibility index (Phi) is 5.50. The normalized spacial score (nSPS) is 15.7. The average molecular weight is 341 g/mol. The number of furan rings is 1. The smallest absolute Gasteiger partial charge is 0.287 e. The first-order valence-corrected chi connectivity index (χ1v) is 8.59. The summed E-state index contributed by atoms with van der Waals surface area (Å²) in [6.45, 7) is 4.67. The van der Waals surface area contributed by atoms with Crippen molar-refractivity contribution in [1.82, 2.24) is 10.2 Å². The Balaban J connectivity index is 1.61. The van der Waals surface area contributed by atoms with Crippen LogP contribution in [-0.4, -0.2) is 35.8 Å². The van der Waals surface area contributed by atoms with E-state index in [9.17, 15) is 9.59 Å². The quantitative estimate of drug-likeness (QED) is 0.847. The first kappa shape index (κ1) is 17.2. The second-order valence-corrected chi connectivity index (χ2v) is 6.30.